The fourth-order valence-electron chi connectivity index (χ4n) is 1.43. The van der Waals surface area contributed by atoms with Gasteiger partial charge in [-0.2, -0.15) is 5.26 Å². The Morgan fingerprint density at radius 3 is 2.29 bits per heavy atom. The van der Waals surface area contributed by atoms with Crippen LogP contribution in [0.5, 0.6) is 5.75 Å². The van der Waals surface area contributed by atoms with E-state index in [4.69, 9.17) is 10.00 Å². The fourth-order valence-corrected chi connectivity index (χ4v) is 1.43. The van der Waals surface area contributed by atoms with E-state index in [2.05, 4.69) is 32.0 Å². The second-order valence-corrected chi connectivity index (χ2v) is 5.32. The molecular weight excluding hydrogens is 210 g/mol. The van der Waals surface area contributed by atoms with Crippen molar-refractivity contribution in [2.45, 2.75) is 40.0 Å². The number of hydrogen-bond donors (Lipinski definition) is 0. The van der Waals surface area contributed by atoms with Gasteiger partial charge in [0.25, 0.3) is 0 Å². The van der Waals surface area contributed by atoms with Crippen LogP contribution in [0.25, 0.3) is 0 Å². The summed E-state index contributed by atoms with van der Waals surface area (Å²) in [7, 11) is 0. The zero-order valence-corrected chi connectivity index (χ0v) is 11.2. The Morgan fingerprint density at radius 1 is 1.24 bits per heavy atom. The van der Waals surface area contributed by atoms with Crippen LogP contribution >= 0.6 is 0 Å². The Bertz CT molecular complexity index is 384. The van der Waals surface area contributed by atoms with E-state index in [0.717, 1.165) is 12.2 Å². The van der Waals surface area contributed by atoms with Crippen molar-refractivity contribution >= 4 is 0 Å². The van der Waals surface area contributed by atoms with Gasteiger partial charge in [0.1, 0.15) is 5.75 Å². The molecule has 17 heavy (non-hydrogen) atoms. The van der Waals surface area contributed by atoms with Gasteiger partial charge in [-0.25, -0.2) is 0 Å². The molecule has 0 aromatic heterocycles. The SMILES string of the molecule is CC(C)c1ccc(OCCC(C)(C)C#N)cc1. The van der Waals surface area contributed by atoms with Crippen LogP contribution in [0.2, 0.25) is 0 Å². The molecule has 0 aliphatic rings. The van der Waals surface area contributed by atoms with E-state index in [1.807, 2.05) is 26.0 Å². The summed E-state index contributed by atoms with van der Waals surface area (Å²) in [5.41, 5.74) is 1.01. The Balaban J connectivity index is 2.46. The molecular formula is C15H21NO. The highest BCUT2D eigenvalue weighted by atomic mass is 16.5. The predicted octanol–water partition coefficient (Wildman–Crippen LogP) is 4.13. The summed E-state index contributed by atoms with van der Waals surface area (Å²) in [6.07, 6.45) is 0.745. The van der Waals surface area contributed by atoms with Crippen molar-refractivity contribution in [3.05, 3.63) is 29.8 Å². The molecule has 0 spiro atoms. The predicted molar refractivity (Wildman–Crippen MR) is 70.0 cm³/mol. The molecule has 0 N–H and O–H groups in total. The number of rotatable bonds is 5. The molecule has 0 atom stereocenters. The summed E-state index contributed by atoms with van der Waals surface area (Å²) in [4.78, 5) is 0. The van der Waals surface area contributed by atoms with E-state index in [9.17, 15) is 0 Å². The van der Waals surface area contributed by atoms with Gasteiger partial charge in [0, 0.05) is 0 Å². The Morgan fingerprint density at radius 2 is 1.82 bits per heavy atom. The summed E-state index contributed by atoms with van der Waals surface area (Å²) in [5, 5.41) is 8.88. The average Bonchev–Trinajstić information content (AvgIpc) is 2.29. The fraction of sp³-hybridized carbons (Fsp3) is 0.533. The Labute approximate surface area is 104 Å². The first-order valence-corrected chi connectivity index (χ1v) is 6.08. The second-order valence-electron chi connectivity index (χ2n) is 5.32. The van der Waals surface area contributed by atoms with Crippen molar-refractivity contribution in [1.82, 2.24) is 0 Å². The molecule has 0 saturated heterocycles. The highest BCUT2D eigenvalue weighted by Gasteiger charge is 2.16. The first-order chi connectivity index (χ1) is 7.94. The van der Waals surface area contributed by atoms with E-state index in [1.165, 1.54) is 5.56 Å². The van der Waals surface area contributed by atoms with Gasteiger partial charge in [0.2, 0.25) is 0 Å². The van der Waals surface area contributed by atoms with Gasteiger partial charge in [-0.05, 0) is 43.9 Å². The highest BCUT2D eigenvalue weighted by Crippen LogP contribution is 2.21. The van der Waals surface area contributed by atoms with Crippen LogP contribution in [0.15, 0.2) is 24.3 Å². The molecule has 0 heterocycles. The number of hydrogen-bond acceptors (Lipinski definition) is 2. The van der Waals surface area contributed by atoms with Crippen molar-refractivity contribution in [3.8, 4) is 11.8 Å². The van der Waals surface area contributed by atoms with Crippen molar-refractivity contribution in [3.63, 3.8) is 0 Å². The lowest BCUT2D eigenvalue weighted by Crippen LogP contribution is -2.13. The molecule has 0 aliphatic heterocycles. The lowest BCUT2D eigenvalue weighted by atomic mass is 9.92. The minimum Gasteiger partial charge on any atom is -0.494 e. The van der Waals surface area contributed by atoms with Gasteiger partial charge < -0.3 is 4.74 Å². The van der Waals surface area contributed by atoms with Gasteiger partial charge in [-0.1, -0.05) is 26.0 Å². The molecule has 0 fully saturated rings. The van der Waals surface area contributed by atoms with Gasteiger partial charge >= 0.3 is 0 Å². The molecule has 92 valence electrons. The highest BCUT2D eigenvalue weighted by molar-refractivity contribution is 5.28. The minimum atomic E-state index is -0.308. The molecule has 0 bridgehead atoms. The van der Waals surface area contributed by atoms with E-state index >= 15 is 0 Å². The zero-order valence-electron chi connectivity index (χ0n) is 11.2. The van der Waals surface area contributed by atoms with Crippen molar-refractivity contribution in [2.75, 3.05) is 6.61 Å². The van der Waals surface area contributed by atoms with Crippen LogP contribution in [0.1, 0.15) is 45.6 Å². The average molecular weight is 231 g/mol. The van der Waals surface area contributed by atoms with Gasteiger partial charge in [-0.3, -0.25) is 0 Å². The van der Waals surface area contributed by atoms with Crippen molar-refractivity contribution < 1.29 is 4.74 Å². The Hall–Kier alpha value is -1.49. The standard InChI is InChI=1S/C15H21NO/c1-12(2)13-5-7-14(8-6-13)17-10-9-15(3,4)11-16/h5-8,12H,9-10H2,1-4H3. The minimum absolute atomic E-state index is 0.308. The van der Waals surface area contributed by atoms with Crippen LogP contribution < -0.4 is 4.74 Å². The lowest BCUT2D eigenvalue weighted by molar-refractivity contribution is 0.264. The molecule has 1 aromatic rings. The maximum Gasteiger partial charge on any atom is 0.119 e. The van der Waals surface area contributed by atoms with Crippen LogP contribution in [0.3, 0.4) is 0 Å². The molecule has 0 radical (unpaired) electrons. The van der Waals surface area contributed by atoms with E-state index < -0.39 is 0 Å². The van der Waals surface area contributed by atoms with E-state index in [0.29, 0.717) is 12.5 Å². The molecule has 0 saturated carbocycles. The number of ether oxygens (including phenoxy) is 1. The number of benzene rings is 1. The molecule has 2 heteroatoms. The maximum absolute atomic E-state index is 8.88. The van der Waals surface area contributed by atoms with Crippen LogP contribution in [0, 0.1) is 16.7 Å². The van der Waals surface area contributed by atoms with Gasteiger partial charge in [0.05, 0.1) is 18.1 Å². The van der Waals surface area contributed by atoms with Crippen molar-refractivity contribution in [2.24, 2.45) is 5.41 Å². The summed E-state index contributed by atoms with van der Waals surface area (Å²) in [6, 6.07) is 10.4. The normalized spacial score (nSPS) is 11.3. The van der Waals surface area contributed by atoms with E-state index in [1.54, 1.807) is 0 Å². The van der Waals surface area contributed by atoms with E-state index in [-0.39, 0.29) is 5.41 Å². The topological polar surface area (TPSA) is 33.0 Å². The number of nitrogens with zero attached hydrogens (tertiary/aromatic N) is 1. The molecule has 0 amide bonds. The third-order valence-corrected chi connectivity index (χ3v) is 2.85. The largest absolute Gasteiger partial charge is 0.494 e. The monoisotopic (exact) mass is 231 g/mol. The molecule has 1 aromatic carbocycles. The first kappa shape index (κ1) is 13.6. The third kappa shape index (κ3) is 4.48. The number of nitriles is 1. The first-order valence-electron chi connectivity index (χ1n) is 6.08. The summed E-state index contributed by atoms with van der Waals surface area (Å²) in [6.45, 7) is 8.79. The summed E-state index contributed by atoms with van der Waals surface area (Å²) >= 11 is 0. The van der Waals surface area contributed by atoms with Gasteiger partial charge in [0.15, 0.2) is 0 Å². The molecule has 0 unspecified atom stereocenters. The summed E-state index contributed by atoms with van der Waals surface area (Å²) in [5.74, 6) is 1.42. The molecule has 2 nitrogen and oxygen atoms in total. The third-order valence-electron chi connectivity index (χ3n) is 2.85. The van der Waals surface area contributed by atoms with Crippen LogP contribution in [-0.2, 0) is 0 Å². The second kappa shape index (κ2) is 5.72. The molecule has 1 rings (SSSR count). The smallest absolute Gasteiger partial charge is 0.119 e. The van der Waals surface area contributed by atoms with Crippen molar-refractivity contribution in [1.29, 1.82) is 5.26 Å². The maximum atomic E-state index is 8.88. The lowest BCUT2D eigenvalue weighted by Gasteiger charge is -2.15. The quantitative estimate of drug-likeness (QED) is 0.763. The Kier molecular flexibility index (Phi) is 4.57. The summed E-state index contributed by atoms with van der Waals surface area (Å²) < 4.78 is 5.63. The van der Waals surface area contributed by atoms with Crippen LogP contribution in [-0.4, -0.2) is 6.61 Å². The zero-order chi connectivity index (χ0) is 12.9. The molecule has 0 aliphatic carbocycles. The van der Waals surface area contributed by atoms with Gasteiger partial charge in [-0.15, -0.1) is 0 Å². The van der Waals surface area contributed by atoms with Crippen LogP contribution in [0.4, 0.5) is 0 Å².